The Morgan fingerprint density at radius 3 is 2.24 bits per heavy atom. The summed E-state index contributed by atoms with van der Waals surface area (Å²) in [4.78, 5) is 0. The number of ether oxygens (including phenoxy) is 1. The minimum atomic E-state index is 0.481. The quantitative estimate of drug-likeness (QED) is 0.651. The maximum atomic E-state index is 5.80. The smallest absolute Gasteiger partial charge is 0.0471 e. The molecule has 0 heterocycles. The summed E-state index contributed by atoms with van der Waals surface area (Å²) in [6.07, 6.45) is 10.8. The molecule has 2 fully saturated rings. The molecule has 0 unspecified atom stereocenters. The third-order valence-corrected chi connectivity index (χ3v) is 5.74. The minimum Gasteiger partial charge on any atom is -0.381 e. The van der Waals surface area contributed by atoms with E-state index in [1.165, 1.54) is 51.5 Å². The van der Waals surface area contributed by atoms with E-state index >= 15 is 0 Å². The Morgan fingerprint density at radius 2 is 1.71 bits per heavy atom. The summed E-state index contributed by atoms with van der Waals surface area (Å²) in [5.41, 5.74) is 0.993. The molecule has 2 saturated carbocycles. The van der Waals surface area contributed by atoms with Crippen LogP contribution in [0.1, 0.15) is 79.1 Å². The average molecular weight is 296 g/mol. The third-order valence-electron chi connectivity index (χ3n) is 5.74. The van der Waals surface area contributed by atoms with Gasteiger partial charge >= 0.3 is 0 Å². The first kappa shape index (κ1) is 17.3. The summed E-state index contributed by atoms with van der Waals surface area (Å²) in [5, 5.41) is 3.81. The Balaban J connectivity index is 1.83. The standard InChI is InChI=1S/C19H37NO/c1-5-13-21-14-12-19(15-20-17-6-7-17)10-8-16(9-11-19)18(2,3)4/h16-17,20H,5-15H2,1-4H3. The van der Waals surface area contributed by atoms with Gasteiger partial charge in [-0.3, -0.25) is 0 Å². The van der Waals surface area contributed by atoms with E-state index in [1.807, 2.05) is 0 Å². The van der Waals surface area contributed by atoms with E-state index in [-0.39, 0.29) is 0 Å². The molecule has 2 heteroatoms. The summed E-state index contributed by atoms with van der Waals surface area (Å²) in [7, 11) is 0. The average Bonchev–Trinajstić information content (AvgIpc) is 3.25. The van der Waals surface area contributed by atoms with E-state index in [0.717, 1.165) is 31.6 Å². The van der Waals surface area contributed by atoms with Crippen LogP contribution in [0.4, 0.5) is 0 Å². The first-order valence-corrected chi connectivity index (χ1v) is 9.26. The van der Waals surface area contributed by atoms with Gasteiger partial charge in [0.25, 0.3) is 0 Å². The second-order valence-corrected chi connectivity index (χ2v) is 8.66. The van der Waals surface area contributed by atoms with Crippen molar-refractivity contribution in [2.45, 2.75) is 85.1 Å². The molecule has 0 spiro atoms. The molecule has 0 saturated heterocycles. The maximum Gasteiger partial charge on any atom is 0.0471 e. The lowest BCUT2D eigenvalue weighted by Gasteiger charge is -2.44. The predicted octanol–water partition coefficient (Wildman–Crippen LogP) is 4.78. The van der Waals surface area contributed by atoms with Gasteiger partial charge < -0.3 is 10.1 Å². The van der Waals surface area contributed by atoms with Gasteiger partial charge in [0.1, 0.15) is 0 Å². The molecular formula is C19H37NO. The van der Waals surface area contributed by atoms with Crippen molar-refractivity contribution in [1.29, 1.82) is 0 Å². The number of hydrogen-bond donors (Lipinski definition) is 1. The molecule has 0 atom stereocenters. The van der Waals surface area contributed by atoms with Crippen molar-refractivity contribution in [2.75, 3.05) is 19.8 Å². The molecule has 0 radical (unpaired) electrons. The molecule has 2 aliphatic carbocycles. The molecule has 21 heavy (non-hydrogen) atoms. The molecule has 0 aromatic rings. The monoisotopic (exact) mass is 295 g/mol. The van der Waals surface area contributed by atoms with Gasteiger partial charge in [0.05, 0.1) is 0 Å². The lowest BCUT2D eigenvalue weighted by Crippen LogP contribution is -2.41. The third kappa shape index (κ3) is 5.56. The Kier molecular flexibility index (Phi) is 6.14. The first-order valence-electron chi connectivity index (χ1n) is 9.26. The van der Waals surface area contributed by atoms with E-state index in [0.29, 0.717) is 10.8 Å². The zero-order valence-corrected chi connectivity index (χ0v) is 14.8. The van der Waals surface area contributed by atoms with E-state index in [4.69, 9.17) is 4.74 Å². The van der Waals surface area contributed by atoms with Crippen LogP contribution in [0.25, 0.3) is 0 Å². The Morgan fingerprint density at radius 1 is 1.05 bits per heavy atom. The molecule has 2 nitrogen and oxygen atoms in total. The molecule has 124 valence electrons. The van der Waals surface area contributed by atoms with Crippen LogP contribution in [0.3, 0.4) is 0 Å². The SMILES string of the molecule is CCCOCCC1(CNC2CC2)CCC(C(C)(C)C)CC1. The van der Waals surface area contributed by atoms with Crippen molar-refractivity contribution >= 4 is 0 Å². The maximum absolute atomic E-state index is 5.80. The predicted molar refractivity (Wildman–Crippen MR) is 90.6 cm³/mol. The number of hydrogen-bond acceptors (Lipinski definition) is 2. The van der Waals surface area contributed by atoms with Crippen LogP contribution in [0.5, 0.6) is 0 Å². The topological polar surface area (TPSA) is 21.3 Å². The molecule has 0 bridgehead atoms. The van der Waals surface area contributed by atoms with E-state index in [9.17, 15) is 0 Å². The van der Waals surface area contributed by atoms with Crippen LogP contribution in [0.2, 0.25) is 0 Å². The van der Waals surface area contributed by atoms with Crippen LogP contribution in [-0.2, 0) is 4.74 Å². The van der Waals surface area contributed by atoms with Gasteiger partial charge in [-0.2, -0.15) is 0 Å². The van der Waals surface area contributed by atoms with Crippen LogP contribution in [0, 0.1) is 16.7 Å². The summed E-state index contributed by atoms with van der Waals surface area (Å²) >= 11 is 0. The first-order chi connectivity index (χ1) is 9.95. The lowest BCUT2D eigenvalue weighted by atomic mass is 9.63. The normalized spacial score (nSPS) is 30.6. The highest BCUT2D eigenvalue weighted by molar-refractivity contribution is 4.93. The second kappa shape index (κ2) is 7.46. The van der Waals surface area contributed by atoms with E-state index in [2.05, 4.69) is 33.0 Å². The fourth-order valence-electron chi connectivity index (χ4n) is 3.79. The number of rotatable bonds is 8. The van der Waals surface area contributed by atoms with Crippen molar-refractivity contribution in [3.63, 3.8) is 0 Å². The molecule has 2 rings (SSSR count). The zero-order chi connectivity index (χ0) is 15.3. The highest BCUT2D eigenvalue weighted by Crippen LogP contribution is 2.47. The van der Waals surface area contributed by atoms with E-state index in [1.54, 1.807) is 0 Å². The molecular weight excluding hydrogens is 258 g/mol. The van der Waals surface area contributed by atoms with Crippen molar-refractivity contribution in [3.8, 4) is 0 Å². The molecule has 0 aliphatic heterocycles. The zero-order valence-electron chi connectivity index (χ0n) is 14.8. The summed E-state index contributed by atoms with van der Waals surface area (Å²) in [6, 6.07) is 0.832. The van der Waals surface area contributed by atoms with Gasteiger partial charge in [-0.05, 0) is 68.1 Å². The summed E-state index contributed by atoms with van der Waals surface area (Å²) in [5.74, 6) is 0.906. The van der Waals surface area contributed by atoms with Gasteiger partial charge in [-0.15, -0.1) is 0 Å². The van der Waals surface area contributed by atoms with Crippen LogP contribution in [-0.4, -0.2) is 25.8 Å². The Bertz CT molecular complexity index is 295. The van der Waals surface area contributed by atoms with Gasteiger partial charge in [0, 0.05) is 25.8 Å². The largest absolute Gasteiger partial charge is 0.381 e. The second-order valence-electron chi connectivity index (χ2n) is 8.66. The Labute approximate surface area is 132 Å². The fourth-order valence-corrected chi connectivity index (χ4v) is 3.79. The van der Waals surface area contributed by atoms with Gasteiger partial charge in [0.2, 0.25) is 0 Å². The minimum absolute atomic E-state index is 0.481. The van der Waals surface area contributed by atoms with Crippen molar-refractivity contribution in [3.05, 3.63) is 0 Å². The summed E-state index contributed by atoms with van der Waals surface area (Å²) in [6.45, 7) is 12.5. The van der Waals surface area contributed by atoms with Crippen molar-refractivity contribution < 1.29 is 4.74 Å². The Hall–Kier alpha value is -0.0800. The molecule has 2 aliphatic rings. The highest BCUT2D eigenvalue weighted by Gasteiger charge is 2.39. The summed E-state index contributed by atoms with van der Waals surface area (Å²) < 4.78 is 5.80. The van der Waals surface area contributed by atoms with Gasteiger partial charge in [0.15, 0.2) is 0 Å². The van der Waals surface area contributed by atoms with Crippen LogP contribution >= 0.6 is 0 Å². The van der Waals surface area contributed by atoms with Crippen LogP contribution in [0.15, 0.2) is 0 Å². The molecule has 0 aromatic carbocycles. The molecule has 1 N–H and O–H groups in total. The van der Waals surface area contributed by atoms with Gasteiger partial charge in [-0.1, -0.05) is 27.7 Å². The van der Waals surface area contributed by atoms with Crippen molar-refractivity contribution in [1.82, 2.24) is 5.32 Å². The van der Waals surface area contributed by atoms with E-state index < -0.39 is 0 Å². The lowest BCUT2D eigenvalue weighted by molar-refractivity contribution is 0.0422. The van der Waals surface area contributed by atoms with Crippen molar-refractivity contribution in [2.24, 2.45) is 16.7 Å². The van der Waals surface area contributed by atoms with Gasteiger partial charge in [-0.25, -0.2) is 0 Å². The highest BCUT2D eigenvalue weighted by atomic mass is 16.5. The number of nitrogens with one attached hydrogen (secondary N) is 1. The molecule has 0 aromatic heterocycles. The fraction of sp³-hybridized carbons (Fsp3) is 1.00. The van der Waals surface area contributed by atoms with Crippen LogP contribution < -0.4 is 5.32 Å². The molecule has 0 amide bonds.